The summed E-state index contributed by atoms with van der Waals surface area (Å²) in [5.74, 6) is 0.701. The Hall–Kier alpha value is -5.06. The molecule has 1 heterocycles. The molecular weight excluding hydrogens is 610 g/mol. The monoisotopic (exact) mass is 661 g/mol. The van der Waals surface area contributed by atoms with Gasteiger partial charge in [0, 0.05) is 95.7 Å². The summed E-state index contributed by atoms with van der Waals surface area (Å²) in [7, 11) is 10.9. The topological polar surface area (TPSA) is 129 Å². The van der Waals surface area contributed by atoms with E-state index in [2.05, 4.69) is 58.9 Å². The lowest BCUT2D eigenvalue weighted by molar-refractivity contribution is -0.135. The van der Waals surface area contributed by atoms with Crippen LogP contribution in [0.3, 0.4) is 0 Å². The molecule has 0 unspecified atom stereocenters. The number of likely N-dealkylation sites (N-methyl/N-ethyl adjacent to an activating group) is 1. The Morgan fingerprint density at radius 2 is 1.48 bits per heavy atom. The number of unbranched alkanes of at least 4 members (excludes halogenated alkanes) is 2. The molecule has 11 heteroatoms. The van der Waals surface area contributed by atoms with Crippen molar-refractivity contribution >= 4 is 35.1 Å². The molecule has 1 aliphatic rings. The van der Waals surface area contributed by atoms with Crippen LogP contribution < -0.4 is 30.5 Å². The van der Waals surface area contributed by atoms with Gasteiger partial charge in [-0.1, -0.05) is 37.3 Å². The van der Waals surface area contributed by atoms with Gasteiger partial charge in [0.2, 0.25) is 17.7 Å². The number of esters is 1. The summed E-state index contributed by atoms with van der Waals surface area (Å²) >= 11 is 0. The normalized spacial score (nSPS) is 12.0. The standard InChI is InChI=1S/C26H30N2O3.C11H21N3O3/c1-8-9-18(14-17(2)26(29)30-7)25-21-12-10-19(27(3)4)15-23(21)31-24-16-20(28(5)6)11-13-22(24)25;1-9(15)13-7-5-3-4-6-10(16)14-8-11(17)12-2/h8-16,25H,2H2,1,3-7H3;3-8H2,1-2H3,(H,12,17)(H,13,15)(H,14,16)/b9-8-,18-14+;. The van der Waals surface area contributed by atoms with Crippen molar-refractivity contribution in [2.24, 2.45) is 0 Å². The largest absolute Gasteiger partial charge is 0.465 e. The summed E-state index contributed by atoms with van der Waals surface area (Å²) < 4.78 is 11.2. The first kappa shape index (κ1) is 39.1. The molecule has 0 spiro atoms. The first-order valence-corrected chi connectivity index (χ1v) is 16.0. The van der Waals surface area contributed by atoms with Crippen LogP contribution in [0, 0.1) is 0 Å². The lowest BCUT2D eigenvalue weighted by atomic mass is 9.81. The highest BCUT2D eigenvalue weighted by atomic mass is 16.5. The number of hydrogen-bond acceptors (Lipinski definition) is 8. The number of amides is 3. The van der Waals surface area contributed by atoms with Crippen LogP contribution in [0.1, 0.15) is 56.6 Å². The zero-order chi connectivity index (χ0) is 35.8. The van der Waals surface area contributed by atoms with Gasteiger partial charge in [0.05, 0.1) is 19.2 Å². The molecular formula is C37H51N5O6. The smallest absolute Gasteiger partial charge is 0.337 e. The third-order valence-corrected chi connectivity index (χ3v) is 7.53. The van der Waals surface area contributed by atoms with Crippen molar-refractivity contribution in [3.8, 4) is 11.5 Å². The van der Waals surface area contributed by atoms with Crippen LogP contribution in [0.2, 0.25) is 0 Å². The zero-order valence-electron chi connectivity index (χ0n) is 29.6. The number of allylic oxidation sites excluding steroid dienone is 3. The van der Waals surface area contributed by atoms with E-state index in [4.69, 9.17) is 9.47 Å². The number of benzene rings is 2. The van der Waals surface area contributed by atoms with Crippen LogP contribution in [0.5, 0.6) is 11.5 Å². The van der Waals surface area contributed by atoms with Crippen molar-refractivity contribution < 1.29 is 28.7 Å². The number of nitrogens with zero attached hydrogens (tertiary/aromatic N) is 2. The van der Waals surface area contributed by atoms with Crippen molar-refractivity contribution in [2.45, 2.75) is 45.4 Å². The SMILES string of the molecule is C=C(/C=C(\C=C/C)C1c2ccc(N(C)C)cc2Oc2cc(N(C)C)ccc21)C(=O)OC.CNC(=O)CNC(=O)CCCCCNC(C)=O. The predicted molar refractivity (Wildman–Crippen MR) is 192 cm³/mol. The van der Waals surface area contributed by atoms with Crippen molar-refractivity contribution in [1.29, 1.82) is 0 Å². The molecule has 0 atom stereocenters. The van der Waals surface area contributed by atoms with Crippen LogP contribution in [-0.4, -0.2) is 79.1 Å². The van der Waals surface area contributed by atoms with E-state index in [1.165, 1.54) is 21.1 Å². The Balaban J connectivity index is 0.000000401. The molecule has 2 aromatic rings. The molecule has 0 saturated heterocycles. The molecule has 48 heavy (non-hydrogen) atoms. The minimum atomic E-state index is -0.444. The van der Waals surface area contributed by atoms with Gasteiger partial charge in [0.25, 0.3) is 0 Å². The third-order valence-electron chi connectivity index (χ3n) is 7.53. The number of fused-ring (bicyclic) bond motifs is 2. The molecule has 0 fully saturated rings. The van der Waals surface area contributed by atoms with E-state index < -0.39 is 5.97 Å². The van der Waals surface area contributed by atoms with Gasteiger partial charge in [-0.3, -0.25) is 14.4 Å². The molecule has 260 valence electrons. The number of carbonyl (C=O) groups is 4. The highest BCUT2D eigenvalue weighted by molar-refractivity contribution is 5.91. The van der Waals surface area contributed by atoms with Gasteiger partial charge in [-0.2, -0.15) is 0 Å². The number of carbonyl (C=O) groups excluding carboxylic acids is 4. The Labute approximate surface area is 285 Å². The highest BCUT2D eigenvalue weighted by Gasteiger charge is 2.30. The quantitative estimate of drug-likeness (QED) is 0.114. The predicted octanol–water partition coefficient (Wildman–Crippen LogP) is 4.83. The zero-order valence-corrected chi connectivity index (χ0v) is 29.6. The first-order chi connectivity index (χ1) is 22.8. The lowest BCUT2D eigenvalue weighted by Crippen LogP contribution is -2.35. The van der Waals surface area contributed by atoms with Gasteiger partial charge < -0.3 is 35.2 Å². The second-order valence-corrected chi connectivity index (χ2v) is 11.7. The fourth-order valence-corrected chi connectivity index (χ4v) is 4.92. The minimum Gasteiger partial charge on any atom is -0.465 e. The molecule has 0 aromatic heterocycles. The van der Waals surface area contributed by atoms with Gasteiger partial charge in [-0.15, -0.1) is 0 Å². The van der Waals surface area contributed by atoms with Crippen LogP contribution in [0.4, 0.5) is 11.4 Å². The Kier molecular flexibility index (Phi) is 15.9. The molecule has 0 aliphatic carbocycles. The number of hydrogen-bond donors (Lipinski definition) is 3. The lowest BCUT2D eigenvalue weighted by Gasteiger charge is -2.31. The van der Waals surface area contributed by atoms with Crippen molar-refractivity contribution in [1.82, 2.24) is 16.0 Å². The van der Waals surface area contributed by atoms with Gasteiger partial charge >= 0.3 is 5.97 Å². The average molecular weight is 662 g/mol. The van der Waals surface area contributed by atoms with E-state index in [-0.39, 0.29) is 30.2 Å². The summed E-state index contributed by atoms with van der Waals surface area (Å²) in [4.78, 5) is 48.8. The molecule has 11 nitrogen and oxygen atoms in total. The fourth-order valence-electron chi connectivity index (χ4n) is 4.92. The second kappa shape index (κ2) is 19.6. The molecule has 3 amide bonds. The molecule has 1 aliphatic heterocycles. The van der Waals surface area contributed by atoms with E-state index in [9.17, 15) is 19.2 Å². The van der Waals surface area contributed by atoms with Crippen LogP contribution in [0.15, 0.2) is 72.4 Å². The summed E-state index contributed by atoms with van der Waals surface area (Å²) in [6, 6.07) is 12.5. The Morgan fingerprint density at radius 1 is 0.896 bits per heavy atom. The minimum absolute atomic E-state index is 0.0290. The molecule has 3 N–H and O–H groups in total. The number of ether oxygens (including phenoxy) is 2. The molecule has 0 saturated carbocycles. The van der Waals surface area contributed by atoms with Gasteiger partial charge in [-0.25, -0.2) is 4.79 Å². The van der Waals surface area contributed by atoms with Crippen molar-refractivity contribution in [3.05, 3.63) is 83.5 Å². The average Bonchev–Trinajstić information content (AvgIpc) is 3.06. The third kappa shape index (κ3) is 11.9. The van der Waals surface area contributed by atoms with Crippen LogP contribution >= 0.6 is 0 Å². The van der Waals surface area contributed by atoms with Gasteiger partial charge in [0.1, 0.15) is 11.5 Å². The maximum atomic E-state index is 12.0. The first-order valence-electron chi connectivity index (χ1n) is 16.0. The van der Waals surface area contributed by atoms with Crippen LogP contribution in [0.25, 0.3) is 0 Å². The Bertz CT molecular complexity index is 1450. The summed E-state index contributed by atoms with van der Waals surface area (Å²) in [6.07, 6.45) is 8.70. The highest BCUT2D eigenvalue weighted by Crippen LogP contribution is 2.49. The molecule has 3 rings (SSSR count). The molecule has 0 radical (unpaired) electrons. The number of nitrogens with one attached hydrogen (secondary N) is 3. The number of anilines is 2. The van der Waals surface area contributed by atoms with E-state index in [1.54, 1.807) is 6.08 Å². The molecule has 0 bridgehead atoms. The van der Waals surface area contributed by atoms with Crippen LogP contribution in [-0.2, 0) is 23.9 Å². The number of methoxy groups -OCH3 is 1. The summed E-state index contributed by atoms with van der Waals surface area (Å²) in [6.45, 7) is 8.01. The second-order valence-electron chi connectivity index (χ2n) is 11.7. The summed E-state index contributed by atoms with van der Waals surface area (Å²) in [5.41, 5.74) is 5.44. The maximum absolute atomic E-state index is 12.0. The number of rotatable bonds is 14. The van der Waals surface area contributed by atoms with Crippen molar-refractivity contribution in [2.75, 3.05) is 65.2 Å². The maximum Gasteiger partial charge on any atom is 0.337 e. The van der Waals surface area contributed by atoms with E-state index in [1.807, 2.05) is 57.1 Å². The van der Waals surface area contributed by atoms with Gasteiger partial charge in [-0.05, 0) is 43.5 Å². The Morgan fingerprint density at radius 3 is 1.96 bits per heavy atom. The fraction of sp³-hybridized carbons (Fsp3) is 0.405. The molecule has 2 aromatic carbocycles. The van der Waals surface area contributed by atoms with E-state index >= 15 is 0 Å². The van der Waals surface area contributed by atoms with Crippen molar-refractivity contribution in [3.63, 3.8) is 0 Å². The van der Waals surface area contributed by atoms with E-state index in [0.717, 1.165) is 58.8 Å². The van der Waals surface area contributed by atoms with E-state index in [0.29, 0.717) is 18.5 Å². The van der Waals surface area contributed by atoms with Gasteiger partial charge in [0.15, 0.2) is 0 Å². The summed E-state index contributed by atoms with van der Waals surface area (Å²) in [5, 5.41) is 7.63.